The Hall–Kier alpha value is -3.25. The van der Waals surface area contributed by atoms with E-state index in [1.807, 2.05) is 22.8 Å². The van der Waals surface area contributed by atoms with Crippen LogP contribution in [0.5, 0.6) is 11.5 Å². The zero-order valence-corrected chi connectivity index (χ0v) is 25.3. The number of hydrogen-bond donors (Lipinski definition) is 0. The number of likely N-dealkylation sites (tertiary alicyclic amines) is 1. The van der Waals surface area contributed by atoms with Gasteiger partial charge in [0.25, 0.3) is 5.79 Å². The summed E-state index contributed by atoms with van der Waals surface area (Å²) in [6, 6.07) is 10.3. The van der Waals surface area contributed by atoms with E-state index in [-0.39, 0.29) is 22.5 Å². The highest BCUT2D eigenvalue weighted by Gasteiger charge is 2.43. The summed E-state index contributed by atoms with van der Waals surface area (Å²) in [7, 11) is 1.24. The zero-order chi connectivity index (χ0) is 29.9. The second-order valence-corrected chi connectivity index (χ2v) is 12.7. The first kappa shape index (κ1) is 28.5. The van der Waals surface area contributed by atoms with Crippen LogP contribution in [-0.4, -0.2) is 53.3 Å². The Balaban J connectivity index is 1.08. The molecule has 43 heavy (non-hydrogen) atoms. The van der Waals surface area contributed by atoms with Crippen LogP contribution in [0.4, 0.5) is 8.78 Å². The SMILES string of the molecule is COC(=O)c1sc2nc(CN3CCC(c4cccc5c4O[C@](C)(c4ccc(Cl)cc4F)O5)CC3)n(C[C@@H]3CCO3)c2c1F. The van der Waals surface area contributed by atoms with Crippen LogP contribution in [0.25, 0.3) is 10.3 Å². The monoisotopic (exact) mass is 629 g/mol. The van der Waals surface area contributed by atoms with Gasteiger partial charge in [-0.15, -0.1) is 11.3 Å². The van der Waals surface area contributed by atoms with Gasteiger partial charge >= 0.3 is 5.97 Å². The van der Waals surface area contributed by atoms with Gasteiger partial charge in [0.2, 0.25) is 0 Å². The predicted octanol–water partition coefficient (Wildman–Crippen LogP) is 6.63. The number of benzene rings is 2. The Morgan fingerprint density at radius 3 is 2.67 bits per heavy atom. The number of carbonyl (C=O) groups is 1. The number of carbonyl (C=O) groups excluding carboxylic acids is 1. The Labute approximate surface area is 256 Å². The van der Waals surface area contributed by atoms with E-state index in [0.29, 0.717) is 46.6 Å². The Bertz CT molecular complexity index is 1720. The first-order chi connectivity index (χ1) is 20.7. The van der Waals surface area contributed by atoms with Crippen molar-refractivity contribution in [3.8, 4) is 11.5 Å². The number of fused-ring (bicyclic) bond motifs is 2. The summed E-state index contributed by atoms with van der Waals surface area (Å²) in [6.45, 7) is 5.04. The van der Waals surface area contributed by atoms with Crippen molar-refractivity contribution in [3.05, 3.63) is 74.9 Å². The highest BCUT2D eigenvalue weighted by atomic mass is 35.5. The van der Waals surface area contributed by atoms with E-state index < -0.39 is 23.4 Å². The van der Waals surface area contributed by atoms with Gasteiger partial charge in [0, 0.05) is 24.1 Å². The van der Waals surface area contributed by atoms with Crippen LogP contribution in [-0.2, 0) is 28.4 Å². The van der Waals surface area contributed by atoms with Gasteiger partial charge in [0.1, 0.15) is 22.0 Å². The molecular weight excluding hydrogens is 600 g/mol. The molecule has 0 unspecified atom stereocenters. The molecule has 2 fully saturated rings. The first-order valence-corrected chi connectivity index (χ1v) is 15.5. The summed E-state index contributed by atoms with van der Waals surface area (Å²) in [5.74, 6) is -0.865. The van der Waals surface area contributed by atoms with E-state index in [9.17, 15) is 9.18 Å². The van der Waals surface area contributed by atoms with Gasteiger partial charge in [-0.05, 0) is 62.5 Å². The van der Waals surface area contributed by atoms with Crippen LogP contribution in [0.1, 0.15) is 58.7 Å². The molecule has 3 aliphatic heterocycles. The van der Waals surface area contributed by atoms with Gasteiger partial charge in [-0.2, -0.15) is 0 Å². The molecule has 3 aliphatic rings. The van der Waals surface area contributed by atoms with Gasteiger partial charge in [-0.3, -0.25) is 4.90 Å². The van der Waals surface area contributed by atoms with Crippen molar-refractivity contribution in [1.29, 1.82) is 0 Å². The van der Waals surface area contributed by atoms with Crippen LogP contribution >= 0.6 is 22.9 Å². The summed E-state index contributed by atoms with van der Waals surface area (Å²) >= 11 is 6.98. The number of hydrogen-bond acceptors (Lipinski definition) is 8. The lowest BCUT2D eigenvalue weighted by atomic mass is 9.88. The molecule has 7 rings (SSSR count). The van der Waals surface area contributed by atoms with E-state index in [4.69, 9.17) is 35.5 Å². The number of esters is 1. The number of thiophene rings is 1. The average molecular weight is 630 g/mol. The number of imidazole rings is 1. The van der Waals surface area contributed by atoms with Crippen LogP contribution in [0.15, 0.2) is 36.4 Å². The minimum Gasteiger partial charge on any atom is -0.465 e. The molecule has 2 atom stereocenters. The molecule has 0 spiro atoms. The molecule has 5 heterocycles. The number of ether oxygens (including phenoxy) is 4. The topological polar surface area (TPSA) is 75.0 Å². The molecule has 4 aromatic rings. The van der Waals surface area contributed by atoms with Crippen molar-refractivity contribution < 1.29 is 32.5 Å². The Morgan fingerprint density at radius 1 is 1.19 bits per heavy atom. The van der Waals surface area contributed by atoms with Crippen molar-refractivity contribution >= 4 is 39.3 Å². The third-order valence-electron chi connectivity index (χ3n) is 8.59. The second-order valence-electron chi connectivity index (χ2n) is 11.3. The molecule has 2 aromatic carbocycles. The fraction of sp³-hybridized carbons (Fsp3) is 0.419. The van der Waals surface area contributed by atoms with Crippen molar-refractivity contribution in [2.24, 2.45) is 0 Å². The highest BCUT2D eigenvalue weighted by molar-refractivity contribution is 7.20. The van der Waals surface area contributed by atoms with Crippen molar-refractivity contribution in [2.75, 3.05) is 26.8 Å². The van der Waals surface area contributed by atoms with Crippen molar-refractivity contribution in [1.82, 2.24) is 14.5 Å². The molecule has 2 saturated heterocycles. The minimum absolute atomic E-state index is 0.00260. The lowest BCUT2D eigenvalue weighted by molar-refractivity contribution is -0.0712. The number of rotatable bonds is 7. The number of methoxy groups -OCH3 is 1. The fourth-order valence-electron chi connectivity index (χ4n) is 6.22. The number of nitrogens with zero attached hydrogens (tertiary/aromatic N) is 3. The normalized spacial score (nSPS) is 22.2. The number of para-hydroxylation sites is 1. The second kappa shape index (κ2) is 11.0. The quantitative estimate of drug-likeness (QED) is 0.213. The van der Waals surface area contributed by atoms with Gasteiger partial charge in [-0.25, -0.2) is 18.6 Å². The average Bonchev–Trinajstić information content (AvgIpc) is 3.60. The first-order valence-electron chi connectivity index (χ1n) is 14.3. The Kier molecular flexibility index (Phi) is 7.32. The Morgan fingerprint density at radius 2 is 1.98 bits per heavy atom. The maximum atomic E-state index is 15.4. The molecule has 2 aromatic heterocycles. The fourth-order valence-corrected chi connectivity index (χ4v) is 7.37. The number of halogens is 3. The smallest absolute Gasteiger partial charge is 0.351 e. The standard InChI is InChI=1S/C31H30ClF2N3O5S/c1-31(21-7-6-18(32)14-22(21)33)41-23-5-3-4-20(27(23)42-31)17-8-11-36(12-9-17)16-24-35-29-26(37(24)15-19-10-13-40-19)25(34)28(43-29)30(38)39-2/h3-7,14,17,19H,8-13,15-16H2,1-2H3/t19-,31+/m0/s1. The van der Waals surface area contributed by atoms with Crippen molar-refractivity contribution in [2.45, 2.75) is 57.1 Å². The third-order valence-corrected chi connectivity index (χ3v) is 9.86. The minimum atomic E-state index is -1.30. The molecule has 8 nitrogen and oxygen atoms in total. The van der Waals surface area contributed by atoms with Crippen LogP contribution in [0.2, 0.25) is 5.02 Å². The van der Waals surface area contributed by atoms with Crippen LogP contribution in [0, 0.1) is 11.6 Å². The summed E-state index contributed by atoms with van der Waals surface area (Å²) < 4.78 is 55.0. The molecule has 12 heteroatoms. The van der Waals surface area contributed by atoms with Gasteiger partial charge < -0.3 is 23.5 Å². The maximum Gasteiger partial charge on any atom is 0.351 e. The van der Waals surface area contributed by atoms with Gasteiger partial charge in [-0.1, -0.05) is 23.7 Å². The number of piperidine rings is 1. The molecule has 226 valence electrons. The van der Waals surface area contributed by atoms with E-state index >= 15 is 4.39 Å². The lowest BCUT2D eigenvalue weighted by Gasteiger charge is -2.33. The zero-order valence-electron chi connectivity index (χ0n) is 23.7. The molecule has 0 bridgehead atoms. The van der Waals surface area contributed by atoms with E-state index in [2.05, 4.69) is 4.90 Å². The molecule has 0 amide bonds. The van der Waals surface area contributed by atoms with E-state index in [0.717, 1.165) is 55.1 Å². The molecular formula is C31H30ClF2N3O5S. The number of aromatic nitrogens is 2. The van der Waals surface area contributed by atoms with E-state index in [1.54, 1.807) is 19.1 Å². The maximum absolute atomic E-state index is 15.4. The van der Waals surface area contributed by atoms with Crippen LogP contribution < -0.4 is 9.47 Å². The lowest BCUT2D eigenvalue weighted by Crippen LogP contribution is -2.35. The molecule has 0 N–H and O–H groups in total. The summed E-state index contributed by atoms with van der Waals surface area (Å²) in [5, 5.41) is 0.308. The largest absolute Gasteiger partial charge is 0.465 e. The summed E-state index contributed by atoms with van der Waals surface area (Å²) in [5.41, 5.74) is 1.66. The summed E-state index contributed by atoms with van der Waals surface area (Å²) in [6.07, 6.45) is 2.63. The highest BCUT2D eigenvalue weighted by Crippen LogP contribution is 2.50. The van der Waals surface area contributed by atoms with Crippen LogP contribution in [0.3, 0.4) is 0 Å². The predicted molar refractivity (Wildman–Crippen MR) is 157 cm³/mol. The molecule has 0 radical (unpaired) electrons. The van der Waals surface area contributed by atoms with Gasteiger partial charge in [0.15, 0.2) is 22.2 Å². The van der Waals surface area contributed by atoms with Gasteiger partial charge in [0.05, 0.1) is 31.9 Å². The summed E-state index contributed by atoms with van der Waals surface area (Å²) in [4.78, 5) is 19.6. The molecule has 0 saturated carbocycles. The molecule has 0 aliphatic carbocycles. The van der Waals surface area contributed by atoms with E-state index in [1.165, 1.54) is 13.2 Å². The third kappa shape index (κ3) is 5.05. The van der Waals surface area contributed by atoms with Crippen molar-refractivity contribution in [3.63, 3.8) is 0 Å².